The molecule has 0 amide bonds. The maximum absolute atomic E-state index is 6.11. The van der Waals surface area contributed by atoms with Crippen LogP contribution in [-0.4, -0.2) is 25.4 Å². The monoisotopic (exact) mass is 404 g/mol. The van der Waals surface area contributed by atoms with Crippen molar-refractivity contribution in [3.8, 4) is 0 Å². The number of hydrogen-bond acceptors (Lipinski definition) is 2. The molecule has 0 saturated carbocycles. The van der Waals surface area contributed by atoms with Crippen molar-refractivity contribution < 1.29 is 9.47 Å². The second-order valence-electron chi connectivity index (χ2n) is 9.00. The Morgan fingerprint density at radius 3 is 1.78 bits per heavy atom. The van der Waals surface area contributed by atoms with E-state index in [0.717, 1.165) is 43.8 Å². The van der Waals surface area contributed by atoms with Crippen LogP contribution in [0.25, 0.3) is 0 Å². The zero-order valence-corrected chi connectivity index (χ0v) is 19.9. The Hall–Kier alpha value is 0.210. The molecule has 0 N–H and O–H groups in total. The van der Waals surface area contributed by atoms with E-state index in [9.17, 15) is 0 Å². The molecule has 0 aromatic rings. The Bertz CT molecular complexity index is 296. The van der Waals surface area contributed by atoms with Gasteiger partial charge in [0.1, 0.15) is 6.79 Å². The lowest BCUT2D eigenvalue weighted by molar-refractivity contribution is -0.0561. The van der Waals surface area contributed by atoms with Gasteiger partial charge >= 0.3 is 0 Å². The third-order valence-electron chi connectivity index (χ3n) is 5.38. The first-order valence-corrected chi connectivity index (χ1v) is 12.2. The summed E-state index contributed by atoms with van der Waals surface area (Å²) in [6, 6.07) is 0. The van der Waals surface area contributed by atoms with E-state index in [1.54, 1.807) is 0 Å². The molecule has 2 nitrogen and oxygen atoms in total. The minimum Gasteiger partial charge on any atom is -0.355 e. The maximum atomic E-state index is 6.11. The molecule has 0 fully saturated rings. The van der Waals surface area contributed by atoms with Crippen LogP contribution in [0.4, 0.5) is 0 Å². The molecule has 0 radical (unpaired) electrons. The summed E-state index contributed by atoms with van der Waals surface area (Å²) < 4.78 is 11.2. The van der Waals surface area contributed by atoms with Crippen molar-refractivity contribution in [1.29, 1.82) is 0 Å². The summed E-state index contributed by atoms with van der Waals surface area (Å²) in [5, 5.41) is 0.301. The average Bonchev–Trinajstić information content (AvgIpc) is 2.57. The molecule has 27 heavy (non-hydrogen) atoms. The molecular formula is C24H49ClO2. The fourth-order valence-electron chi connectivity index (χ4n) is 4.11. The largest absolute Gasteiger partial charge is 0.355 e. The van der Waals surface area contributed by atoms with Gasteiger partial charge in [-0.1, -0.05) is 66.2 Å². The van der Waals surface area contributed by atoms with Gasteiger partial charge in [-0.25, -0.2) is 0 Å². The fourth-order valence-corrected chi connectivity index (χ4v) is 4.41. The predicted octanol–water partition coefficient (Wildman–Crippen LogP) is 8.21. The second-order valence-corrected chi connectivity index (χ2v) is 9.75. The Labute approximate surface area is 176 Å². The molecule has 0 aliphatic carbocycles. The summed E-state index contributed by atoms with van der Waals surface area (Å²) in [6.45, 7) is 13.6. The second kappa shape index (κ2) is 19.5. The highest BCUT2D eigenvalue weighted by Gasteiger charge is 2.14. The van der Waals surface area contributed by atoms with Crippen molar-refractivity contribution in [3.05, 3.63) is 0 Å². The molecule has 0 heterocycles. The van der Waals surface area contributed by atoms with Crippen LogP contribution in [0.15, 0.2) is 0 Å². The van der Waals surface area contributed by atoms with E-state index in [1.165, 1.54) is 64.2 Å². The Morgan fingerprint density at radius 1 is 0.630 bits per heavy atom. The average molecular weight is 405 g/mol. The van der Waals surface area contributed by atoms with E-state index >= 15 is 0 Å². The van der Waals surface area contributed by atoms with Gasteiger partial charge in [-0.05, 0) is 63.2 Å². The standard InChI is InChI=1S/C24H49ClO2/c1-6-7-8-9-10-11-12-15-26-20-27-16-13-14-21(2)17-22(3)18-23(4)19-24(5)25/h21-24H,6-20H2,1-5H3. The highest BCUT2D eigenvalue weighted by Crippen LogP contribution is 2.25. The SMILES string of the molecule is CCCCCCCCCOCOCCCC(C)CC(C)CC(C)CC(C)Cl. The van der Waals surface area contributed by atoms with Crippen molar-refractivity contribution in [3.63, 3.8) is 0 Å². The van der Waals surface area contributed by atoms with Gasteiger partial charge in [0, 0.05) is 18.6 Å². The highest BCUT2D eigenvalue weighted by molar-refractivity contribution is 6.20. The molecule has 0 saturated heterocycles. The lowest BCUT2D eigenvalue weighted by Gasteiger charge is -2.21. The zero-order chi connectivity index (χ0) is 20.3. The molecule has 0 bridgehead atoms. The van der Waals surface area contributed by atoms with Crippen LogP contribution in [0.1, 0.15) is 112 Å². The molecular weight excluding hydrogens is 356 g/mol. The van der Waals surface area contributed by atoms with Crippen molar-refractivity contribution >= 4 is 11.6 Å². The quantitative estimate of drug-likeness (QED) is 0.115. The first-order chi connectivity index (χ1) is 13.0. The number of ether oxygens (including phenoxy) is 2. The number of rotatable bonds is 20. The topological polar surface area (TPSA) is 18.5 Å². The third kappa shape index (κ3) is 20.7. The predicted molar refractivity (Wildman–Crippen MR) is 121 cm³/mol. The van der Waals surface area contributed by atoms with Gasteiger partial charge in [0.2, 0.25) is 0 Å². The molecule has 0 rings (SSSR count). The number of unbranched alkanes of at least 4 members (excludes halogenated alkanes) is 6. The first-order valence-electron chi connectivity index (χ1n) is 11.7. The van der Waals surface area contributed by atoms with E-state index in [0.29, 0.717) is 12.2 Å². The van der Waals surface area contributed by atoms with Gasteiger partial charge in [0.25, 0.3) is 0 Å². The van der Waals surface area contributed by atoms with Crippen molar-refractivity contribution in [2.75, 3.05) is 20.0 Å². The van der Waals surface area contributed by atoms with E-state index in [1.807, 2.05) is 0 Å². The van der Waals surface area contributed by atoms with E-state index in [2.05, 4.69) is 34.6 Å². The zero-order valence-electron chi connectivity index (χ0n) is 19.1. The van der Waals surface area contributed by atoms with E-state index in [4.69, 9.17) is 21.1 Å². The summed E-state index contributed by atoms with van der Waals surface area (Å²) >= 11 is 6.11. The minimum absolute atomic E-state index is 0.301. The smallest absolute Gasteiger partial charge is 0.146 e. The Balaban J connectivity index is 3.37. The van der Waals surface area contributed by atoms with Gasteiger partial charge in [0.05, 0.1) is 0 Å². The van der Waals surface area contributed by atoms with Gasteiger partial charge < -0.3 is 9.47 Å². The third-order valence-corrected chi connectivity index (χ3v) is 5.56. The number of alkyl halides is 1. The number of hydrogen-bond donors (Lipinski definition) is 0. The van der Waals surface area contributed by atoms with Crippen molar-refractivity contribution in [1.82, 2.24) is 0 Å². The van der Waals surface area contributed by atoms with Crippen LogP contribution >= 0.6 is 11.6 Å². The molecule has 0 aliphatic heterocycles. The molecule has 4 atom stereocenters. The van der Waals surface area contributed by atoms with Gasteiger partial charge in [-0.15, -0.1) is 11.6 Å². The lowest BCUT2D eigenvalue weighted by atomic mass is 9.86. The molecule has 0 aliphatic rings. The molecule has 164 valence electrons. The Kier molecular flexibility index (Phi) is 19.7. The van der Waals surface area contributed by atoms with Crippen LogP contribution in [0.2, 0.25) is 0 Å². The molecule has 4 unspecified atom stereocenters. The van der Waals surface area contributed by atoms with Crippen LogP contribution in [0.3, 0.4) is 0 Å². The first kappa shape index (κ1) is 27.2. The summed E-state index contributed by atoms with van der Waals surface area (Å²) in [5.41, 5.74) is 0. The van der Waals surface area contributed by atoms with E-state index in [-0.39, 0.29) is 0 Å². The van der Waals surface area contributed by atoms with Crippen LogP contribution in [-0.2, 0) is 9.47 Å². The van der Waals surface area contributed by atoms with Gasteiger partial charge in [-0.2, -0.15) is 0 Å². The molecule has 0 aromatic carbocycles. The minimum atomic E-state index is 0.301. The van der Waals surface area contributed by atoms with Crippen LogP contribution in [0.5, 0.6) is 0 Å². The summed E-state index contributed by atoms with van der Waals surface area (Å²) in [6.07, 6.45) is 15.4. The molecule has 0 aromatic heterocycles. The summed E-state index contributed by atoms with van der Waals surface area (Å²) in [5.74, 6) is 2.30. The normalized spacial score (nSPS) is 16.2. The summed E-state index contributed by atoms with van der Waals surface area (Å²) in [7, 11) is 0. The maximum Gasteiger partial charge on any atom is 0.146 e. The molecule has 0 spiro atoms. The van der Waals surface area contributed by atoms with Gasteiger partial charge in [-0.3, -0.25) is 0 Å². The van der Waals surface area contributed by atoms with Crippen LogP contribution < -0.4 is 0 Å². The van der Waals surface area contributed by atoms with Crippen molar-refractivity contribution in [2.45, 2.75) is 117 Å². The van der Waals surface area contributed by atoms with Gasteiger partial charge in [0.15, 0.2) is 0 Å². The van der Waals surface area contributed by atoms with E-state index < -0.39 is 0 Å². The Morgan fingerprint density at radius 2 is 1.15 bits per heavy atom. The van der Waals surface area contributed by atoms with Crippen molar-refractivity contribution in [2.24, 2.45) is 17.8 Å². The highest BCUT2D eigenvalue weighted by atomic mass is 35.5. The lowest BCUT2D eigenvalue weighted by Crippen LogP contribution is -2.11. The fraction of sp³-hybridized carbons (Fsp3) is 1.00. The number of halogens is 1. The van der Waals surface area contributed by atoms with Crippen LogP contribution in [0, 0.1) is 17.8 Å². The molecule has 3 heteroatoms. The summed E-state index contributed by atoms with van der Waals surface area (Å²) in [4.78, 5) is 0.